The molecule has 2 amide bonds. The Kier molecular flexibility index (Phi) is 4.18. The van der Waals surface area contributed by atoms with E-state index in [9.17, 15) is 14.4 Å². The van der Waals surface area contributed by atoms with Gasteiger partial charge in [0.15, 0.2) is 5.72 Å². The van der Waals surface area contributed by atoms with Gasteiger partial charge in [0.05, 0.1) is 43.3 Å². The van der Waals surface area contributed by atoms with Gasteiger partial charge < -0.3 is 19.3 Å². The van der Waals surface area contributed by atoms with Crippen molar-refractivity contribution in [3.63, 3.8) is 0 Å². The molecule has 0 saturated carbocycles. The third-order valence-corrected chi connectivity index (χ3v) is 5.92. The van der Waals surface area contributed by atoms with Crippen LogP contribution in [0.3, 0.4) is 0 Å². The molecule has 0 unspecified atom stereocenters. The molecular weight excluding hydrogens is 350 g/mol. The molecule has 0 radical (unpaired) electrons. The molecule has 1 aromatic rings. The predicted molar refractivity (Wildman–Crippen MR) is 93.8 cm³/mol. The number of hydrogen-bond acceptors (Lipinski definition) is 6. The standard InChI is InChI=1S/C19H23N3O5/c1-11(2)14-10-27-19-4-5-21(15(19)7-16(23)22(14)19)17(24)12-6-13(9-20-8-12)18(25)26-3/h6,8-9,11,14-15H,4-5,7,10H2,1-3H3/t14-,15+,19-/m0/s1. The lowest BCUT2D eigenvalue weighted by molar-refractivity contribution is -0.139. The summed E-state index contributed by atoms with van der Waals surface area (Å²) < 4.78 is 10.8. The highest BCUT2D eigenvalue weighted by Crippen LogP contribution is 2.49. The van der Waals surface area contributed by atoms with E-state index in [4.69, 9.17) is 9.47 Å². The van der Waals surface area contributed by atoms with Crippen molar-refractivity contribution >= 4 is 17.8 Å². The molecule has 3 atom stereocenters. The Bertz CT molecular complexity index is 810. The molecule has 3 aliphatic heterocycles. The minimum atomic E-state index is -0.713. The number of pyridine rings is 1. The van der Waals surface area contributed by atoms with Crippen molar-refractivity contribution in [2.24, 2.45) is 5.92 Å². The number of aromatic nitrogens is 1. The Balaban J connectivity index is 1.62. The van der Waals surface area contributed by atoms with Gasteiger partial charge in [0.2, 0.25) is 5.91 Å². The van der Waals surface area contributed by atoms with Crippen molar-refractivity contribution < 1.29 is 23.9 Å². The normalized spacial score (nSPS) is 29.3. The maximum absolute atomic E-state index is 13.1. The Morgan fingerprint density at radius 3 is 2.78 bits per heavy atom. The van der Waals surface area contributed by atoms with Crippen LogP contribution in [0.5, 0.6) is 0 Å². The number of likely N-dealkylation sites (tertiary alicyclic amines) is 1. The van der Waals surface area contributed by atoms with Crippen molar-refractivity contribution in [1.29, 1.82) is 0 Å². The van der Waals surface area contributed by atoms with Gasteiger partial charge in [-0.05, 0) is 12.0 Å². The van der Waals surface area contributed by atoms with E-state index in [0.717, 1.165) is 0 Å². The molecule has 3 saturated heterocycles. The van der Waals surface area contributed by atoms with Crippen molar-refractivity contribution in [3.8, 4) is 0 Å². The Morgan fingerprint density at radius 2 is 2.07 bits per heavy atom. The monoisotopic (exact) mass is 373 g/mol. The summed E-state index contributed by atoms with van der Waals surface area (Å²) in [5.74, 6) is -0.467. The second kappa shape index (κ2) is 6.30. The minimum Gasteiger partial charge on any atom is -0.465 e. The van der Waals surface area contributed by atoms with Gasteiger partial charge in [-0.15, -0.1) is 0 Å². The third kappa shape index (κ3) is 2.54. The molecule has 0 aromatic carbocycles. The lowest BCUT2D eigenvalue weighted by Crippen LogP contribution is -2.51. The van der Waals surface area contributed by atoms with Crippen LogP contribution < -0.4 is 0 Å². The number of ether oxygens (including phenoxy) is 2. The number of amides is 2. The predicted octanol–water partition coefficient (Wildman–Crippen LogP) is 1.07. The van der Waals surface area contributed by atoms with E-state index >= 15 is 0 Å². The first-order valence-electron chi connectivity index (χ1n) is 9.19. The molecule has 1 aromatic heterocycles. The van der Waals surface area contributed by atoms with Gasteiger partial charge in [0, 0.05) is 25.4 Å². The fourth-order valence-electron chi connectivity index (χ4n) is 4.57. The average Bonchev–Trinajstić information content (AvgIpc) is 3.29. The molecule has 0 N–H and O–H groups in total. The van der Waals surface area contributed by atoms with Crippen molar-refractivity contribution in [3.05, 3.63) is 29.6 Å². The van der Waals surface area contributed by atoms with E-state index in [1.807, 2.05) is 4.90 Å². The molecule has 0 bridgehead atoms. The molecule has 1 spiro atoms. The van der Waals surface area contributed by atoms with Gasteiger partial charge in [-0.1, -0.05) is 13.8 Å². The fraction of sp³-hybridized carbons (Fsp3) is 0.579. The summed E-state index contributed by atoms with van der Waals surface area (Å²) in [6.45, 7) is 5.16. The number of rotatable bonds is 3. The van der Waals surface area contributed by atoms with Crippen LogP contribution >= 0.6 is 0 Å². The molecule has 4 rings (SSSR count). The van der Waals surface area contributed by atoms with E-state index in [-0.39, 0.29) is 41.8 Å². The second-order valence-electron chi connectivity index (χ2n) is 7.65. The number of esters is 1. The summed E-state index contributed by atoms with van der Waals surface area (Å²) in [6, 6.07) is 1.21. The highest BCUT2D eigenvalue weighted by atomic mass is 16.5. The van der Waals surface area contributed by atoms with Gasteiger partial charge >= 0.3 is 5.97 Å². The molecule has 144 valence electrons. The summed E-state index contributed by atoms with van der Waals surface area (Å²) in [6.07, 6.45) is 3.66. The number of carbonyl (C=O) groups excluding carboxylic acids is 3. The molecular formula is C19H23N3O5. The largest absolute Gasteiger partial charge is 0.465 e. The third-order valence-electron chi connectivity index (χ3n) is 5.92. The van der Waals surface area contributed by atoms with Crippen LogP contribution in [0.25, 0.3) is 0 Å². The van der Waals surface area contributed by atoms with Gasteiger partial charge in [0.25, 0.3) is 5.91 Å². The second-order valence-corrected chi connectivity index (χ2v) is 7.65. The van der Waals surface area contributed by atoms with Gasteiger partial charge in [-0.3, -0.25) is 14.6 Å². The van der Waals surface area contributed by atoms with Crippen molar-refractivity contribution in [2.45, 2.75) is 44.5 Å². The average molecular weight is 373 g/mol. The van der Waals surface area contributed by atoms with Gasteiger partial charge in [0.1, 0.15) is 0 Å². The number of hydrogen-bond donors (Lipinski definition) is 0. The topological polar surface area (TPSA) is 89.0 Å². The smallest absolute Gasteiger partial charge is 0.339 e. The summed E-state index contributed by atoms with van der Waals surface area (Å²) >= 11 is 0. The first-order valence-corrected chi connectivity index (χ1v) is 9.19. The van der Waals surface area contributed by atoms with Crippen molar-refractivity contribution in [2.75, 3.05) is 20.3 Å². The number of methoxy groups -OCH3 is 1. The highest BCUT2D eigenvalue weighted by Gasteiger charge is 2.65. The maximum atomic E-state index is 13.1. The lowest BCUT2D eigenvalue weighted by Gasteiger charge is -2.34. The number of nitrogens with zero attached hydrogens (tertiary/aromatic N) is 3. The quantitative estimate of drug-likeness (QED) is 0.737. The zero-order valence-electron chi connectivity index (χ0n) is 15.7. The zero-order valence-corrected chi connectivity index (χ0v) is 15.7. The van der Waals surface area contributed by atoms with Gasteiger partial charge in [-0.2, -0.15) is 0 Å². The Morgan fingerprint density at radius 1 is 1.33 bits per heavy atom. The molecule has 3 fully saturated rings. The maximum Gasteiger partial charge on any atom is 0.339 e. The van der Waals surface area contributed by atoms with E-state index in [1.54, 1.807) is 4.90 Å². The zero-order chi connectivity index (χ0) is 19.3. The summed E-state index contributed by atoms with van der Waals surface area (Å²) in [5.41, 5.74) is -0.188. The van der Waals surface area contributed by atoms with E-state index in [1.165, 1.54) is 25.6 Å². The first kappa shape index (κ1) is 17.9. The van der Waals surface area contributed by atoms with E-state index in [2.05, 4.69) is 18.8 Å². The first-order chi connectivity index (χ1) is 12.9. The summed E-state index contributed by atoms with van der Waals surface area (Å²) in [4.78, 5) is 45.1. The molecule has 8 heteroatoms. The SMILES string of the molecule is COC(=O)c1cncc(C(=O)N2CC[C@@]34OC[C@@H](C(C)C)N3C(=O)C[C@@H]24)c1. The molecule has 4 heterocycles. The van der Waals surface area contributed by atoms with Crippen LogP contribution in [0.4, 0.5) is 0 Å². The van der Waals surface area contributed by atoms with Crippen LogP contribution in [0.15, 0.2) is 18.5 Å². The lowest BCUT2D eigenvalue weighted by atomic mass is 10.0. The Labute approximate surface area is 157 Å². The van der Waals surface area contributed by atoms with Crippen LogP contribution in [0.1, 0.15) is 47.4 Å². The van der Waals surface area contributed by atoms with Crippen LogP contribution in [0, 0.1) is 5.92 Å². The van der Waals surface area contributed by atoms with Crippen LogP contribution in [0.2, 0.25) is 0 Å². The molecule has 27 heavy (non-hydrogen) atoms. The number of carbonyl (C=O) groups is 3. The van der Waals surface area contributed by atoms with Crippen LogP contribution in [-0.2, 0) is 14.3 Å². The molecule has 3 aliphatic rings. The summed E-state index contributed by atoms with van der Waals surface area (Å²) in [7, 11) is 1.28. The fourth-order valence-corrected chi connectivity index (χ4v) is 4.57. The highest BCUT2D eigenvalue weighted by molar-refractivity contribution is 5.98. The van der Waals surface area contributed by atoms with Crippen LogP contribution in [-0.4, -0.2) is 70.6 Å². The Hall–Kier alpha value is -2.48. The van der Waals surface area contributed by atoms with E-state index in [0.29, 0.717) is 25.1 Å². The van der Waals surface area contributed by atoms with Crippen molar-refractivity contribution in [1.82, 2.24) is 14.8 Å². The van der Waals surface area contributed by atoms with Gasteiger partial charge in [-0.25, -0.2) is 4.79 Å². The minimum absolute atomic E-state index is 0.0372. The molecule has 0 aliphatic carbocycles. The van der Waals surface area contributed by atoms with E-state index < -0.39 is 11.7 Å². The summed E-state index contributed by atoms with van der Waals surface area (Å²) in [5, 5.41) is 0. The molecule has 8 nitrogen and oxygen atoms in total.